The SMILES string of the molecule is Cc1ccccc1Nc1nccc(Nc2cccc(Cl)c2Cl)n1. The highest BCUT2D eigenvalue weighted by molar-refractivity contribution is 6.43. The standard InChI is InChI=1S/C17H14Cl2N4/c1-11-5-2-3-7-13(11)22-17-20-10-9-15(23-17)21-14-8-4-6-12(18)16(14)19/h2-10H,1H3,(H2,20,21,22,23). The minimum atomic E-state index is 0.459. The van der Waals surface area contributed by atoms with Gasteiger partial charge in [0, 0.05) is 11.9 Å². The average Bonchev–Trinajstić information content (AvgIpc) is 2.55. The predicted octanol–water partition coefficient (Wildman–Crippen LogP) is 5.58. The quantitative estimate of drug-likeness (QED) is 0.648. The second kappa shape index (κ2) is 6.86. The third-order valence-electron chi connectivity index (χ3n) is 3.26. The van der Waals surface area contributed by atoms with E-state index in [1.807, 2.05) is 43.3 Å². The predicted molar refractivity (Wildman–Crippen MR) is 96.2 cm³/mol. The molecule has 2 aromatic carbocycles. The molecule has 1 heterocycles. The van der Waals surface area contributed by atoms with Crippen molar-refractivity contribution in [3.05, 3.63) is 70.3 Å². The summed E-state index contributed by atoms with van der Waals surface area (Å²) in [6.07, 6.45) is 1.67. The van der Waals surface area contributed by atoms with Crippen molar-refractivity contribution in [2.45, 2.75) is 6.92 Å². The Balaban J connectivity index is 1.83. The van der Waals surface area contributed by atoms with Crippen LogP contribution in [0.15, 0.2) is 54.7 Å². The number of aryl methyl sites for hydroxylation is 1. The van der Waals surface area contributed by atoms with E-state index in [1.54, 1.807) is 18.3 Å². The number of hydrogen-bond donors (Lipinski definition) is 2. The van der Waals surface area contributed by atoms with E-state index in [0.29, 0.717) is 27.5 Å². The summed E-state index contributed by atoms with van der Waals surface area (Å²) in [7, 11) is 0. The smallest absolute Gasteiger partial charge is 0.229 e. The first kappa shape index (κ1) is 15.6. The molecule has 0 bridgehead atoms. The molecule has 3 aromatic rings. The third-order valence-corrected chi connectivity index (χ3v) is 4.08. The van der Waals surface area contributed by atoms with Crippen molar-refractivity contribution >= 4 is 46.3 Å². The van der Waals surface area contributed by atoms with E-state index in [0.717, 1.165) is 11.3 Å². The van der Waals surface area contributed by atoms with Gasteiger partial charge in [0.2, 0.25) is 5.95 Å². The minimum Gasteiger partial charge on any atom is -0.339 e. The van der Waals surface area contributed by atoms with Gasteiger partial charge in [-0.2, -0.15) is 4.98 Å². The van der Waals surface area contributed by atoms with Crippen molar-refractivity contribution in [2.75, 3.05) is 10.6 Å². The second-order valence-electron chi connectivity index (χ2n) is 4.93. The van der Waals surface area contributed by atoms with Crippen LogP contribution in [0.1, 0.15) is 5.56 Å². The number of nitrogens with one attached hydrogen (secondary N) is 2. The van der Waals surface area contributed by atoms with Gasteiger partial charge in [-0.05, 0) is 36.8 Å². The molecule has 116 valence electrons. The summed E-state index contributed by atoms with van der Waals surface area (Å²) in [5, 5.41) is 7.30. The van der Waals surface area contributed by atoms with Gasteiger partial charge in [-0.3, -0.25) is 0 Å². The number of halogens is 2. The first-order valence-corrected chi connectivity index (χ1v) is 7.76. The monoisotopic (exact) mass is 344 g/mol. The molecule has 23 heavy (non-hydrogen) atoms. The van der Waals surface area contributed by atoms with Gasteiger partial charge in [-0.1, -0.05) is 47.5 Å². The van der Waals surface area contributed by atoms with Crippen molar-refractivity contribution in [3.8, 4) is 0 Å². The molecule has 2 N–H and O–H groups in total. The van der Waals surface area contributed by atoms with Crippen LogP contribution < -0.4 is 10.6 Å². The third kappa shape index (κ3) is 3.73. The van der Waals surface area contributed by atoms with Gasteiger partial charge in [0.05, 0.1) is 15.7 Å². The summed E-state index contributed by atoms with van der Waals surface area (Å²) in [6, 6.07) is 15.1. The van der Waals surface area contributed by atoms with Crippen LogP contribution in [0.5, 0.6) is 0 Å². The number of rotatable bonds is 4. The molecule has 0 saturated carbocycles. The maximum Gasteiger partial charge on any atom is 0.229 e. The summed E-state index contributed by atoms with van der Waals surface area (Å²) >= 11 is 12.2. The lowest BCUT2D eigenvalue weighted by Gasteiger charge is -2.11. The Labute approximate surface area is 144 Å². The summed E-state index contributed by atoms with van der Waals surface area (Å²) in [4.78, 5) is 8.68. The Morgan fingerprint density at radius 2 is 1.65 bits per heavy atom. The van der Waals surface area contributed by atoms with Crippen LogP contribution in [0.2, 0.25) is 10.0 Å². The average molecular weight is 345 g/mol. The number of aromatic nitrogens is 2. The molecule has 0 amide bonds. The van der Waals surface area contributed by atoms with Crippen LogP contribution in [0.4, 0.5) is 23.1 Å². The largest absolute Gasteiger partial charge is 0.339 e. The van der Waals surface area contributed by atoms with Crippen molar-refractivity contribution in [2.24, 2.45) is 0 Å². The van der Waals surface area contributed by atoms with Gasteiger partial charge in [0.25, 0.3) is 0 Å². The molecular formula is C17H14Cl2N4. The molecule has 0 aliphatic heterocycles. The Kier molecular flexibility index (Phi) is 4.65. The first-order valence-electron chi connectivity index (χ1n) is 7.00. The zero-order chi connectivity index (χ0) is 16.2. The van der Waals surface area contributed by atoms with Gasteiger partial charge in [0.15, 0.2) is 0 Å². The highest BCUT2D eigenvalue weighted by atomic mass is 35.5. The molecular weight excluding hydrogens is 331 g/mol. The number of hydrogen-bond acceptors (Lipinski definition) is 4. The van der Waals surface area contributed by atoms with Crippen molar-refractivity contribution < 1.29 is 0 Å². The Hall–Kier alpha value is -2.30. The number of benzene rings is 2. The molecule has 6 heteroatoms. The maximum atomic E-state index is 6.18. The summed E-state index contributed by atoms with van der Waals surface area (Å²) < 4.78 is 0. The normalized spacial score (nSPS) is 10.4. The second-order valence-corrected chi connectivity index (χ2v) is 5.72. The Bertz CT molecular complexity index is 836. The highest BCUT2D eigenvalue weighted by Crippen LogP contribution is 2.31. The molecule has 4 nitrogen and oxygen atoms in total. The van der Waals surface area contributed by atoms with Gasteiger partial charge in [-0.15, -0.1) is 0 Å². The lowest BCUT2D eigenvalue weighted by Crippen LogP contribution is -2.01. The Morgan fingerprint density at radius 1 is 0.870 bits per heavy atom. The van der Waals surface area contributed by atoms with Crippen molar-refractivity contribution in [3.63, 3.8) is 0 Å². The number of anilines is 4. The molecule has 1 aromatic heterocycles. The maximum absolute atomic E-state index is 6.18. The number of nitrogens with zero attached hydrogens (tertiary/aromatic N) is 2. The molecule has 0 aliphatic rings. The molecule has 0 unspecified atom stereocenters. The zero-order valence-electron chi connectivity index (χ0n) is 12.3. The molecule has 0 aliphatic carbocycles. The topological polar surface area (TPSA) is 49.8 Å². The van der Waals surface area contributed by atoms with E-state index in [1.165, 1.54) is 0 Å². The van der Waals surface area contributed by atoms with E-state index in [4.69, 9.17) is 23.2 Å². The van der Waals surface area contributed by atoms with E-state index in [9.17, 15) is 0 Å². The zero-order valence-corrected chi connectivity index (χ0v) is 13.9. The summed E-state index contributed by atoms with van der Waals surface area (Å²) in [5.41, 5.74) is 2.78. The fourth-order valence-corrected chi connectivity index (χ4v) is 2.41. The molecule has 0 spiro atoms. The summed E-state index contributed by atoms with van der Waals surface area (Å²) in [6.45, 7) is 2.02. The van der Waals surface area contributed by atoms with Crippen LogP contribution in [-0.2, 0) is 0 Å². The summed E-state index contributed by atoms with van der Waals surface area (Å²) in [5.74, 6) is 1.13. The Morgan fingerprint density at radius 3 is 2.48 bits per heavy atom. The van der Waals surface area contributed by atoms with E-state index in [2.05, 4.69) is 20.6 Å². The van der Waals surface area contributed by atoms with Gasteiger partial charge >= 0.3 is 0 Å². The molecule has 0 saturated heterocycles. The van der Waals surface area contributed by atoms with Crippen molar-refractivity contribution in [1.29, 1.82) is 0 Å². The fourth-order valence-electron chi connectivity index (χ4n) is 2.06. The lowest BCUT2D eigenvalue weighted by atomic mass is 10.2. The molecule has 0 fully saturated rings. The highest BCUT2D eigenvalue weighted by Gasteiger charge is 2.06. The minimum absolute atomic E-state index is 0.459. The molecule has 3 rings (SSSR count). The van der Waals surface area contributed by atoms with Gasteiger partial charge < -0.3 is 10.6 Å². The van der Waals surface area contributed by atoms with Crippen LogP contribution in [0.3, 0.4) is 0 Å². The fraction of sp³-hybridized carbons (Fsp3) is 0.0588. The van der Waals surface area contributed by atoms with Crippen LogP contribution >= 0.6 is 23.2 Å². The van der Waals surface area contributed by atoms with Gasteiger partial charge in [0.1, 0.15) is 5.82 Å². The van der Waals surface area contributed by atoms with Crippen LogP contribution in [-0.4, -0.2) is 9.97 Å². The number of para-hydroxylation sites is 1. The van der Waals surface area contributed by atoms with E-state index >= 15 is 0 Å². The molecule has 0 radical (unpaired) electrons. The van der Waals surface area contributed by atoms with Crippen molar-refractivity contribution in [1.82, 2.24) is 9.97 Å². The van der Waals surface area contributed by atoms with Crippen LogP contribution in [0, 0.1) is 6.92 Å². The van der Waals surface area contributed by atoms with Gasteiger partial charge in [-0.25, -0.2) is 4.98 Å². The van der Waals surface area contributed by atoms with Crippen LogP contribution in [0.25, 0.3) is 0 Å². The van der Waals surface area contributed by atoms with E-state index < -0.39 is 0 Å². The first-order chi connectivity index (χ1) is 11.1. The molecule has 0 atom stereocenters. The lowest BCUT2D eigenvalue weighted by molar-refractivity contribution is 1.16. The van der Waals surface area contributed by atoms with E-state index in [-0.39, 0.29) is 0 Å².